The summed E-state index contributed by atoms with van der Waals surface area (Å²) >= 11 is 0. The molecule has 1 aromatic carbocycles. The van der Waals surface area contributed by atoms with Gasteiger partial charge in [0, 0.05) is 5.57 Å². The largest absolute Gasteiger partial charge is 0.274 e. The van der Waals surface area contributed by atoms with Crippen molar-refractivity contribution in [3.8, 4) is 0 Å². The highest BCUT2D eigenvalue weighted by Gasteiger charge is 2.28. The minimum Gasteiger partial charge on any atom is -0.274 e. The normalized spacial score (nSPS) is 25.3. The smallest absolute Gasteiger partial charge is 0.0770 e. The Morgan fingerprint density at radius 3 is 2.48 bits per heavy atom. The zero-order valence-corrected chi connectivity index (χ0v) is 14.4. The summed E-state index contributed by atoms with van der Waals surface area (Å²) in [5, 5.41) is 0. The molecule has 0 fully saturated rings. The molecule has 0 radical (unpaired) electrons. The van der Waals surface area contributed by atoms with Crippen LogP contribution in [-0.2, 0) is 0 Å². The Kier molecular flexibility index (Phi) is 4.16. The van der Waals surface area contributed by atoms with Crippen LogP contribution in [0.15, 0.2) is 75.3 Å². The van der Waals surface area contributed by atoms with Gasteiger partial charge in [0.05, 0.1) is 22.6 Å². The molecule has 23 heavy (non-hydrogen) atoms. The van der Waals surface area contributed by atoms with E-state index in [1.165, 1.54) is 16.7 Å². The van der Waals surface area contributed by atoms with Crippen LogP contribution in [0.3, 0.4) is 0 Å². The Hall–Kier alpha value is -2.22. The van der Waals surface area contributed by atoms with E-state index in [1.54, 1.807) is 0 Å². The number of fused-ring (bicyclic) bond motifs is 1. The molecule has 0 spiro atoms. The zero-order chi connectivity index (χ0) is 16.4. The Labute approximate surface area is 139 Å². The molecule has 0 saturated carbocycles. The maximum absolute atomic E-state index is 4.98. The molecule has 2 nitrogen and oxygen atoms in total. The molecular weight excluding hydrogens is 280 g/mol. The van der Waals surface area contributed by atoms with Gasteiger partial charge in [-0.1, -0.05) is 38.1 Å². The molecule has 1 unspecified atom stereocenters. The third-order valence-electron chi connectivity index (χ3n) is 4.62. The number of allylic oxidation sites excluding steroid dienone is 5. The van der Waals surface area contributed by atoms with Crippen molar-refractivity contribution in [3.05, 3.63) is 65.3 Å². The zero-order valence-electron chi connectivity index (χ0n) is 14.4. The van der Waals surface area contributed by atoms with Gasteiger partial charge in [0.1, 0.15) is 0 Å². The van der Waals surface area contributed by atoms with Crippen molar-refractivity contribution in [2.24, 2.45) is 9.98 Å². The van der Waals surface area contributed by atoms with E-state index in [2.05, 4.69) is 45.9 Å². The second kappa shape index (κ2) is 6.11. The van der Waals surface area contributed by atoms with Gasteiger partial charge in [-0.2, -0.15) is 0 Å². The van der Waals surface area contributed by atoms with Crippen LogP contribution >= 0.6 is 0 Å². The predicted octanol–water partition coefficient (Wildman–Crippen LogP) is 5.61. The van der Waals surface area contributed by atoms with Gasteiger partial charge in [-0.3, -0.25) is 4.99 Å². The Balaban J connectivity index is 2.06. The van der Waals surface area contributed by atoms with E-state index in [9.17, 15) is 0 Å². The number of hydrogen-bond donors (Lipinski definition) is 0. The predicted molar refractivity (Wildman–Crippen MR) is 99.9 cm³/mol. The van der Waals surface area contributed by atoms with Crippen molar-refractivity contribution < 1.29 is 0 Å². The van der Waals surface area contributed by atoms with Crippen LogP contribution < -0.4 is 0 Å². The highest BCUT2D eigenvalue weighted by molar-refractivity contribution is 6.26. The standard InChI is InChI=1S/C21H24N2/c1-5-16-14-21(4,6-2)23-20-12-15(3)19(13-18(16)20)22-17-10-8-7-9-11-17/h7-14H,5-6H2,1-4H3. The first-order valence-electron chi connectivity index (χ1n) is 8.41. The molecule has 1 aliphatic carbocycles. The quantitative estimate of drug-likeness (QED) is 0.649. The maximum atomic E-state index is 4.98. The first-order chi connectivity index (χ1) is 11.0. The summed E-state index contributed by atoms with van der Waals surface area (Å²) in [6, 6.07) is 10.1. The van der Waals surface area contributed by atoms with E-state index in [0.29, 0.717) is 0 Å². The first-order valence-corrected chi connectivity index (χ1v) is 8.41. The molecule has 3 rings (SSSR count). The molecule has 0 N–H and O–H groups in total. The van der Waals surface area contributed by atoms with Gasteiger partial charge >= 0.3 is 0 Å². The van der Waals surface area contributed by atoms with Crippen molar-refractivity contribution in [1.82, 2.24) is 0 Å². The van der Waals surface area contributed by atoms with Gasteiger partial charge in [0.15, 0.2) is 0 Å². The lowest BCUT2D eigenvalue weighted by Crippen LogP contribution is -2.28. The van der Waals surface area contributed by atoms with E-state index >= 15 is 0 Å². The van der Waals surface area contributed by atoms with Gasteiger partial charge < -0.3 is 0 Å². The van der Waals surface area contributed by atoms with Crippen molar-refractivity contribution >= 4 is 17.1 Å². The molecule has 0 bridgehead atoms. The average Bonchev–Trinajstić information content (AvgIpc) is 2.56. The fraction of sp³-hybridized carbons (Fsp3) is 0.333. The van der Waals surface area contributed by atoms with Crippen molar-refractivity contribution in [2.75, 3.05) is 0 Å². The SMILES string of the molecule is CCC1=CC(C)(CC)N=C2C=C(C)C(=Nc3ccccc3)C=C12. The number of benzene rings is 1. The summed E-state index contributed by atoms with van der Waals surface area (Å²) < 4.78 is 0. The van der Waals surface area contributed by atoms with Crippen LogP contribution in [0.25, 0.3) is 0 Å². The molecule has 0 saturated heterocycles. The Morgan fingerprint density at radius 1 is 1.09 bits per heavy atom. The lowest BCUT2D eigenvalue weighted by atomic mass is 9.82. The summed E-state index contributed by atoms with van der Waals surface area (Å²) in [4.78, 5) is 9.79. The number of dihydropyridines is 1. The topological polar surface area (TPSA) is 24.7 Å². The number of hydrogen-bond acceptors (Lipinski definition) is 2. The minimum atomic E-state index is -0.0805. The van der Waals surface area contributed by atoms with Crippen molar-refractivity contribution in [3.63, 3.8) is 0 Å². The summed E-state index contributed by atoms with van der Waals surface area (Å²) in [6.45, 7) is 8.74. The molecule has 1 aromatic rings. The van der Waals surface area contributed by atoms with E-state index in [1.807, 2.05) is 30.3 Å². The average molecular weight is 304 g/mol. The molecule has 1 aliphatic heterocycles. The minimum absolute atomic E-state index is 0.0805. The Bertz CT molecular complexity index is 760. The summed E-state index contributed by atoms with van der Waals surface area (Å²) in [5.41, 5.74) is 6.84. The third-order valence-corrected chi connectivity index (χ3v) is 4.62. The van der Waals surface area contributed by atoms with E-state index in [-0.39, 0.29) is 5.54 Å². The maximum Gasteiger partial charge on any atom is 0.0770 e. The molecule has 0 amide bonds. The highest BCUT2D eigenvalue weighted by atomic mass is 14.9. The molecule has 0 aromatic heterocycles. The van der Waals surface area contributed by atoms with Gasteiger partial charge in [-0.05, 0) is 62.1 Å². The van der Waals surface area contributed by atoms with Crippen LogP contribution in [0.4, 0.5) is 5.69 Å². The van der Waals surface area contributed by atoms with Crippen LogP contribution in [0.1, 0.15) is 40.5 Å². The Morgan fingerprint density at radius 2 is 1.83 bits per heavy atom. The van der Waals surface area contributed by atoms with Crippen molar-refractivity contribution in [2.45, 2.75) is 46.1 Å². The van der Waals surface area contributed by atoms with E-state index in [4.69, 9.17) is 9.98 Å². The molecule has 2 heteroatoms. The fourth-order valence-electron chi connectivity index (χ4n) is 3.03. The lowest BCUT2D eigenvalue weighted by molar-refractivity contribution is 0.559. The molecular formula is C21H24N2. The van der Waals surface area contributed by atoms with Gasteiger partial charge in [0.25, 0.3) is 0 Å². The van der Waals surface area contributed by atoms with Gasteiger partial charge in [0.2, 0.25) is 0 Å². The molecule has 2 aliphatic rings. The summed E-state index contributed by atoms with van der Waals surface area (Å²) in [7, 11) is 0. The first kappa shape index (κ1) is 15.7. The number of aliphatic imine (C=N–C) groups is 2. The third kappa shape index (κ3) is 3.12. The number of para-hydroxylation sites is 1. The van der Waals surface area contributed by atoms with E-state index in [0.717, 1.165) is 30.0 Å². The number of rotatable bonds is 3. The summed E-state index contributed by atoms with van der Waals surface area (Å²) in [5.74, 6) is 0. The second-order valence-electron chi connectivity index (χ2n) is 6.45. The van der Waals surface area contributed by atoms with Gasteiger partial charge in [-0.15, -0.1) is 0 Å². The van der Waals surface area contributed by atoms with Crippen molar-refractivity contribution in [1.29, 1.82) is 0 Å². The second-order valence-corrected chi connectivity index (χ2v) is 6.45. The van der Waals surface area contributed by atoms with E-state index < -0.39 is 0 Å². The van der Waals surface area contributed by atoms with Crippen LogP contribution in [0.5, 0.6) is 0 Å². The number of nitrogens with zero attached hydrogens (tertiary/aromatic N) is 2. The van der Waals surface area contributed by atoms with Crippen LogP contribution in [-0.4, -0.2) is 17.0 Å². The molecule has 1 atom stereocenters. The molecule has 118 valence electrons. The molecule has 1 heterocycles. The fourth-order valence-corrected chi connectivity index (χ4v) is 3.03. The van der Waals surface area contributed by atoms with Gasteiger partial charge in [-0.25, -0.2) is 4.99 Å². The van der Waals surface area contributed by atoms with Crippen LogP contribution in [0.2, 0.25) is 0 Å². The lowest BCUT2D eigenvalue weighted by Gasteiger charge is -2.30. The summed E-state index contributed by atoms with van der Waals surface area (Å²) in [6.07, 6.45) is 8.76. The van der Waals surface area contributed by atoms with Crippen LogP contribution in [0, 0.1) is 0 Å². The highest BCUT2D eigenvalue weighted by Crippen LogP contribution is 2.34. The monoisotopic (exact) mass is 304 g/mol.